The van der Waals surface area contributed by atoms with Crippen LogP contribution in [0.4, 0.5) is 0 Å². The molecule has 0 spiro atoms. The maximum Gasteiger partial charge on any atom is 0.150 e. The van der Waals surface area contributed by atoms with Crippen LogP contribution < -0.4 is 4.74 Å². The molecule has 3 heteroatoms. The van der Waals surface area contributed by atoms with Gasteiger partial charge in [0, 0.05) is 12.4 Å². The zero-order chi connectivity index (χ0) is 9.80. The lowest BCUT2D eigenvalue weighted by molar-refractivity contribution is 0.439. The molecule has 0 radical (unpaired) electrons. The summed E-state index contributed by atoms with van der Waals surface area (Å²) >= 11 is 0. The molecule has 14 heavy (non-hydrogen) atoms. The van der Waals surface area contributed by atoms with Gasteiger partial charge in [-0.15, -0.1) is 0 Å². The van der Waals surface area contributed by atoms with E-state index >= 15 is 0 Å². The van der Waals surface area contributed by atoms with E-state index < -0.39 is 0 Å². The van der Waals surface area contributed by atoms with Crippen molar-refractivity contribution in [1.82, 2.24) is 4.98 Å². The van der Waals surface area contributed by atoms with Crippen molar-refractivity contribution in [2.45, 2.75) is 6.54 Å². The summed E-state index contributed by atoms with van der Waals surface area (Å²) < 4.78 is 5.49. The molecule has 0 amide bonds. The molecular weight excluding hydrogens is 176 g/mol. The van der Waals surface area contributed by atoms with Gasteiger partial charge in [0.1, 0.15) is 11.5 Å². The maximum absolute atomic E-state index is 5.49. The number of nitrogens with zero attached hydrogens (tertiary/aromatic N) is 2. The lowest BCUT2D eigenvalue weighted by atomic mass is 10.3. The number of hydrogen-bond acceptors (Lipinski definition) is 3. The average molecular weight is 186 g/mol. The van der Waals surface area contributed by atoms with E-state index in [1.807, 2.05) is 12.1 Å². The zero-order valence-corrected chi connectivity index (χ0v) is 7.68. The van der Waals surface area contributed by atoms with E-state index in [4.69, 9.17) is 4.74 Å². The molecule has 2 heterocycles. The maximum atomic E-state index is 5.49. The molecule has 0 aromatic carbocycles. The highest BCUT2D eigenvalue weighted by molar-refractivity contribution is 5.71. The van der Waals surface area contributed by atoms with E-state index in [1.165, 1.54) is 0 Å². The summed E-state index contributed by atoms with van der Waals surface area (Å²) in [5.74, 6) is 1.31. The quantitative estimate of drug-likeness (QED) is 0.622. The van der Waals surface area contributed by atoms with Crippen LogP contribution in [0.3, 0.4) is 0 Å². The Kier molecular flexibility index (Phi) is 2.40. The lowest BCUT2D eigenvalue weighted by Crippen LogP contribution is -1.96. The van der Waals surface area contributed by atoms with Crippen molar-refractivity contribution in [3.05, 3.63) is 48.5 Å². The monoisotopic (exact) mass is 186 g/mol. The van der Waals surface area contributed by atoms with Gasteiger partial charge in [-0.1, -0.05) is 6.58 Å². The van der Waals surface area contributed by atoms with E-state index in [0.717, 1.165) is 11.4 Å². The number of allylic oxidation sites excluding steroid dienone is 2. The second kappa shape index (κ2) is 3.87. The fourth-order valence-corrected chi connectivity index (χ4v) is 1.16. The van der Waals surface area contributed by atoms with Crippen LogP contribution in [-0.4, -0.2) is 11.2 Å². The van der Waals surface area contributed by atoms with Crippen molar-refractivity contribution >= 4 is 6.21 Å². The van der Waals surface area contributed by atoms with Gasteiger partial charge in [-0.3, -0.25) is 9.98 Å². The van der Waals surface area contributed by atoms with Crippen molar-refractivity contribution in [3.63, 3.8) is 0 Å². The number of aliphatic imine (C=N–C) groups is 1. The summed E-state index contributed by atoms with van der Waals surface area (Å²) in [4.78, 5) is 8.36. The molecule has 0 unspecified atom stereocenters. The standard InChI is InChI=1S/C11H10N2O/c1-9-4-2-6-12-8-10-11(14-9)5-3-7-13-10/h2-7H,1,8H2/b4-2-,12-6?. The molecule has 3 nitrogen and oxygen atoms in total. The normalized spacial score (nSPS) is 17.3. The van der Waals surface area contributed by atoms with Crippen LogP contribution in [0.5, 0.6) is 5.75 Å². The first-order chi connectivity index (χ1) is 6.86. The summed E-state index contributed by atoms with van der Waals surface area (Å²) in [6.07, 6.45) is 7.02. The smallest absolute Gasteiger partial charge is 0.150 e. The number of fused-ring (bicyclic) bond motifs is 1. The predicted octanol–water partition coefficient (Wildman–Crippen LogP) is 2.11. The highest BCUT2D eigenvalue weighted by Crippen LogP contribution is 2.19. The summed E-state index contributed by atoms with van der Waals surface area (Å²) in [5, 5.41) is 0. The van der Waals surface area contributed by atoms with E-state index in [2.05, 4.69) is 16.6 Å². The third-order valence-corrected chi connectivity index (χ3v) is 1.80. The van der Waals surface area contributed by atoms with Gasteiger partial charge in [-0.05, 0) is 24.3 Å². The Morgan fingerprint density at radius 1 is 1.43 bits per heavy atom. The van der Waals surface area contributed by atoms with Crippen LogP contribution in [-0.2, 0) is 6.54 Å². The van der Waals surface area contributed by atoms with Gasteiger partial charge >= 0.3 is 0 Å². The first kappa shape index (κ1) is 8.69. The first-order valence-corrected chi connectivity index (χ1v) is 4.33. The van der Waals surface area contributed by atoms with Crippen molar-refractivity contribution in [2.75, 3.05) is 0 Å². The van der Waals surface area contributed by atoms with E-state index in [9.17, 15) is 0 Å². The van der Waals surface area contributed by atoms with Gasteiger partial charge in [0.05, 0.1) is 6.54 Å². The molecule has 0 aliphatic carbocycles. The van der Waals surface area contributed by atoms with Crippen molar-refractivity contribution < 1.29 is 4.74 Å². The van der Waals surface area contributed by atoms with Crippen molar-refractivity contribution in [2.24, 2.45) is 4.99 Å². The Hall–Kier alpha value is -1.90. The Balaban J connectivity index is 2.39. The Morgan fingerprint density at radius 2 is 2.36 bits per heavy atom. The molecule has 0 fully saturated rings. The minimum atomic E-state index is 0.536. The summed E-state index contributed by atoms with van der Waals surface area (Å²) in [6.45, 7) is 4.29. The molecule has 0 saturated heterocycles. The highest BCUT2D eigenvalue weighted by Gasteiger charge is 2.04. The Morgan fingerprint density at radius 3 is 3.29 bits per heavy atom. The first-order valence-electron chi connectivity index (χ1n) is 4.33. The number of aromatic nitrogens is 1. The second-order valence-corrected chi connectivity index (χ2v) is 2.87. The minimum absolute atomic E-state index is 0.536. The molecule has 0 atom stereocenters. The van der Waals surface area contributed by atoms with Gasteiger partial charge in [-0.25, -0.2) is 0 Å². The van der Waals surface area contributed by atoms with Crippen molar-refractivity contribution in [3.8, 4) is 5.75 Å². The second-order valence-electron chi connectivity index (χ2n) is 2.87. The molecule has 2 rings (SSSR count). The van der Waals surface area contributed by atoms with Crippen LogP contribution in [0.25, 0.3) is 0 Å². The Labute approximate surface area is 82.5 Å². The topological polar surface area (TPSA) is 34.5 Å². The lowest BCUT2D eigenvalue weighted by Gasteiger charge is -2.07. The van der Waals surface area contributed by atoms with Crippen LogP contribution >= 0.6 is 0 Å². The van der Waals surface area contributed by atoms with Gasteiger partial charge in [0.15, 0.2) is 5.75 Å². The van der Waals surface area contributed by atoms with Crippen molar-refractivity contribution in [1.29, 1.82) is 0 Å². The van der Waals surface area contributed by atoms with Gasteiger partial charge in [0.25, 0.3) is 0 Å². The largest absolute Gasteiger partial charge is 0.456 e. The predicted molar refractivity (Wildman–Crippen MR) is 55.3 cm³/mol. The highest BCUT2D eigenvalue weighted by atomic mass is 16.5. The SMILES string of the molecule is C=C1/C=C\C=NCc2ncccc2O1. The minimum Gasteiger partial charge on any atom is -0.456 e. The van der Waals surface area contributed by atoms with Gasteiger partial charge < -0.3 is 4.74 Å². The molecule has 1 aliphatic heterocycles. The van der Waals surface area contributed by atoms with E-state index in [-0.39, 0.29) is 0 Å². The van der Waals surface area contributed by atoms with E-state index in [0.29, 0.717) is 12.3 Å². The molecular formula is C11H10N2O. The summed E-state index contributed by atoms with van der Waals surface area (Å²) in [5.41, 5.74) is 0.827. The van der Waals surface area contributed by atoms with Crippen LogP contribution in [0.2, 0.25) is 0 Å². The van der Waals surface area contributed by atoms with Gasteiger partial charge in [0.2, 0.25) is 0 Å². The third kappa shape index (κ3) is 1.88. The molecule has 1 aromatic heterocycles. The number of pyridine rings is 1. The molecule has 0 saturated carbocycles. The zero-order valence-electron chi connectivity index (χ0n) is 7.68. The number of hydrogen-bond donors (Lipinski definition) is 0. The van der Waals surface area contributed by atoms with Crippen LogP contribution in [0.15, 0.2) is 47.8 Å². The number of rotatable bonds is 0. The fourth-order valence-electron chi connectivity index (χ4n) is 1.16. The fraction of sp³-hybridized carbons (Fsp3) is 0.0909. The molecule has 70 valence electrons. The average Bonchev–Trinajstić information content (AvgIpc) is 2.27. The number of ether oxygens (including phenoxy) is 1. The summed E-state index contributed by atoms with van der Waals surface area (Å²) in [7, 11) is 0. The molecule has 0 bridgehead atoms. The van der Waals surface area contributed by atoms with Crippen LogP contribution in [0, 0.1) is 0 Å². The third-order valence-electron chi connectivity index (χ3n) is 1.80. The molecule has 0 N–H and O–H groups in total. The van der Waals surface area contributed by atoms with Crippen LogP contribution in [0.1, 0.15) is 5.69 Å². The molecule has 1 aromatic rings. The summed E-state index contributed by atoms with van der Waals surface area (Å²) in [6, 6.07) is 3.69. The van der Waals surface area contributed by atoms with Gasteiger partial charge in [-0.2, -0.15) is 0 Å². The Bertz CT molecular complexity index is 408. The molecule has 1 aliphatic rings. The van der Waals surface area contributed by atoms with E-state index in [1.54, 1.807) is 24.6 Å².